The number of amides is 1. The van der Waals surface area contributed by atoms with Crippen molar-refractivity contribution in [1.29, 1.82) is 0 Å². The third-order valence-electron chi connectivity index (χ3n) is 4.56. The van der Waals surface area contributed by atoms with Gasteiger partial charge in [0.15, 0.2) is 0 Å². The normalized spacial score (nSPS) is 11.9. The molecular weight excluding hydrogens is 418 g/mol. The van der Waals surface area contributed by atoms with E-state index < -0.39 is 17.9 Å². The van der Waals surface area contributed by atoms with Crippen molar-refractivity contribution < 1.29 is 14.3 Å². The van der Waals surface area contributed by atoms with Crippen molar-refractivity contribution in [3.05, 3.63) is 65.2 Å². The largest absolute Gasteiger partial charge is 0.464 e. The van der Waals surface area contributed by atoms with Crippen LogP contribution in [-0.4, -0.2) is 44.7 Å². The van der Waals surface area contributed by atoms with Gasteiger partial charge in [-0.3, -0.25) is 4.79 Å². The number of nitrogens with one attached hydrogen (secondary N) is 1. The Hall–Kier alpha value is -3.26. The number of carbonyl (C=O) groups excluding carboxylic acids is 2. The molecule has 0 aliphatic carbocycles. The van der Waals surface area contributed by atoms with Gasteiger partial charge in [0.2, 0.25) is 5.82 Å². The summed E-state index contributed by atoms with van der Waals surface area (Å²) in [5.74, 6) is -0.516. The molecule has 1 amide bonds. The summed E-state index contributed by atoms with van der Waals surface area (Å²) in [6, 6.07) is 15.5. The zero-order valence-electron chi connectivity index (χ0n) is 17.4. The number of nitrogens with zero attached hydrogens (tertiary/aromatic N) is 4. The molecule has 0 radical (unpaired) electrons. The Morgan fingerprint density at radius 1 is 1.10 bits per heavy atom. The van der Waals surface area contributed by atoms with Crippen LogP contribution < -0.4 is 5.32 Å². The highest BCUT2D eigenvalue weighted by Gasteiger charge is 2.26. The molecule has 3 aromatic rings. The van der Waals surface area contributed by atoms with Gasteiger partial charge in [-0.05, 0) is 23.3 Å². The molecule has 162 valence electrons. The van der Waals surface area contributed by atoms with Gasteiger partial charge < -0.3 is 10.1 Å². The number of ether oxygens (including phenoxy) is 1. The monoisotopic (exact) mass is 441 g/mol. The maximum absolute atomic E-state index is 12.5. The van der Waals surface area contributed by atoms with Crippen LogP contribution in [0.2, 0.25) is 5.02 Å². The number of halogens is 1. The van der Waals surface area contributed by atoms with E-state index in [1.54, 1.807) is 24.3 Å². The Bertz CT molecular complexity index is 1020. The van der Waals surface area contributed by atoms with Crippen molar-refractivity contribution in [2.24, 2.45) is 5.92 Å². The first-order valence-electron chi connectivity index (χ1n) is 10.0. The van der Waals surface area contributed by atoms with Crippen LogP contribution >= 0.6 is 11.6 Å². The molecule has 1 N–H and O–H groups in total. The van der Waals surface area contributed by atoms with Crippen LogP contribution in [0.1, 0.15) is 30.6 Å². The Morgan fingerprint density at radius 2 is 1.81 bits per heavy atom. The number of aryl methyl sites for hydroxylation is 1. The molecule has 0 fully saturated rings. The lowest BCUT2D eigenvalue weighted by molar-refractivity contribution is -0.147. The summed E-state index contributed by atoms with van der Waals surface area (Å²) in [5, 5.41) is 15.4. The summed E-state index contributed by atoms with van der Waals surface area (Å²) in [4.78, 5) is 26.5. The Kier molecular flexibility index (Phi) is 7.72. The molecule has 0 saturated heterocycles. The van der Waals surface area contributed by atoms with Crippen molar-refractivity contribution in [2.75, 3.05) is 6.61 Å². The van der Waals surface area contributed by atoms with Crippen molar-refractivity contribution in [2.45, 2.75) is 32.9 Å². The van der Waals surface area contributed by atoms with E-state index in [0.717, 1.165) is 5.56 Å². The van der Waals surface area contributed by atoms with Gasteiger partial charge in [0.05, 0.1) is 23.7 Å². The number of tetrazole rings is 1. The molecule has 3 rings (SSSR count). The molecule has 0 bridgehead atoms. The molecule has 0 spiro atoms. The van der Waals surface area contributed by atoms with Crippen molar-refractivity contribution in [3.63, 3.8) is 0 Å². The molecule has 9 heteroatoms. The highest BCUT2D eigenvalue weighted by atomic mass is 35.5. The quantitative estimate of drug-likeness (QED) is 0.403. The molecule has 2 aromatic carbocycles. The number of hydrogen-bond donors (Lipinski definition) is 1. The number of hydrogen-bond acceptors (Lipinski definition) is 6. The maximum atomic E-state index is 12.5. The first-order valence-corrected chi connectivity index (χ1v) is 10.4. The van der Waals surface area contributed by atoms with Crippen molar-refractivity contribution in [3.8, 4) is 11.4 Å². The number of rotatable bonds is 9. The van der Waals surface area contributed by atoms with Crippen LogP contribution in [-0.2, 0) is 16.1 Å². The van der Waals surface area contributed by atoms with Crippen LogP contribution in [0.4, 0.5) is 0 Å². The lowest BCUT2D eigenvalue weighted by Gasteiger charge is -2.21. The summed E-state index contributed by atoms with van der Waals surface area (Å²) in [6.07, 6.45) is 0.513. The summed E-state index contributed by atoms with van der Waals surface area (Å²) in [7, 11) is 0. The predicted octanol–water partition coefficient (Wildman–Crippen LogP) is 3.38. The third kappa shape index (κ3) is 6.11. The lowest BCUT2D eigenvalue weighted by Crippen LogP contribution is -2.45. The van der Waals surface area contributed by atoms with Crippen LogP contribution in [0.15, 0.2) is 54.6 Å². The zero-order chi connectivity index (χ0) is 22.2. The second-order valence-electron chi connectivity index (χ2n) is 7.27. The standard InChI is InChI=1S/C22H24ClN5O3/c1-15(2)19(24-21(29)17-11-6-7-12-18(17)23)22(30)31-14-8-13-28-26-20(25-27-28)16-9-4-3-5-10-16/h3-7,9-12,15,19H,8,13-14H2,1-2H3,(H,24,29). The van der Waals surface area contributed by atoms with Crippen LogP contribution in [0.25, 0.3) is 11.4 Å². The minimum Gasteiger partial charge on any atom is -0.464 e. The second-order valence-corrected chi connectivity index (χ2v) is 7.68. The van der Waals surface area contributed by atoms with E-state index in [4.69, 9.17) is 16.3 Å². The highest BCUT2D eigenvalue weighted by Crippen LogP contribution is 2.16. The van der Waals surface area contributed by atoms with E-state index in [-0.39, 0.29) is 12.5 Å². The molecule has 0 aliphatic heterocycles. The average molecular weight is 442 g/mol. The third-order valence-corrected chi connectivity index (χ3v) is 4.89. The SMILES string of the molecule is CC(C)C(NC(=O)c1ccccc1Cl)C(=O)OCCCn1nnc(-c2ccccc2)n1. The summed E-state index contributed by atoms with van der Waals surface area (Å²) in [6.45, 7) is 4.30. The van der Waals surface area contributed by atoms with E-state index >= 15 is 0 Å². The lowest BCUT2D eigenvalue weighted by atomic mass is 10.0. The number of carbonyl (C=O) groups is 2. The van der Waals surface area contributed by atoms with Crippen molar-refractivity contribution in [1.82, 2.24) is 25.5 Å². The van der Waals surface area contributed by atoms with Gasteiger partial charge in [0, 0.05) is 12.0 Å². The van der Waals surface area contributed by atoms with Crippen LogP contribution in [0.5, 0.6) is 0 Å². The molecular formula is C22H24ClN5O3. The Labute approximate surface area is 185 Å². The Balaban J connectivity index is 1.49. The topological polar surface area (TPSA) is 99.0 Å². The Morgan fingerprint density at radius 3 is 2.52 bits per heavy atom. The molecule has 0 saturated carbocycles. The smallest absolute Gasteiger partial charge is 0.328 e. The number of aromatic nitrogens is 4. The molecule has 1 unspecified atom stereocenters. The van der Waals surface area contributed by atoms with E-state index in [0.29, 0.717) is 29.4 Å². The summed E-state index contributed by atoms with van der Waals surface area (Å²) >= 11 is 6.07. The van der Waals surface area contributed by atoms with Crippen LogP contribution in [0.3, 0.4) is 0 Å². The molecule has 1 heterocycles. The number of benzene rings is 2. The fraction of sp³-hybridized carbons (Fsp3) is 0.318. The number of esters is 1. The van der Waals surface area contributed by atoms with E-state index in [2.05, 4.69) is 20.7 Å². The van der Waals surface area contributed by atoms with Crippen molar-refractivity contribution >= 4 is 23.5 Å². The average Bonchev–Trinajstić information content (AvgIpc) is 3.24. The second kappa shape index (κ2) is 10.7. The molecule has 0 aliphatic rings. The van der Waals surface area contributed by atoms with E-state index in [1.807, 2.05) is 44.2 Å². The molecule has 1 aromatic heterocycles. The molecule has 8 nitrogen and oxygen atoms in total. The minimum absolute atomic E-state index is 0.149. The van der Waals surface area contributed by atoms with E-state index in [1.165, 1.54) is 4.80 Å². The summed E-state index contributed by atoms with van der Waals surface area (Å²) < 4.78 is 5.37. The zero-order valence-corrected chi connectivity index (χ0v) is 18.1. The van der Waals surface area contributed by atoms with Gasteiger partial charge in [0.1, 0.15) is 6.04 Å². The van der Waals surface area contributed by atoms with Gasteiger partial charge in [-0.25, -0.2) is 4.79 Å². The highest BCUT2D eigenvalue weighted by molar-refractivity contribution is 6.33. The first-order chi connectivity index (χ1) is 15.0. The maximum Gasteiger partial charge on any atom is 0.328 e. The summed E-state index contributed by atoms with van der Waals surface area (Å²) in [5.41, 5.74) is 1.20. The predicted molar refractivity (Wildman–Crippen MR) is 116 cm³/mol. The van der Waals surface area contributed by atoms with Gasteiger partial charge in [-0.2, -0.15) is 4.80 Å². The minimum atomic E-state index is -0.780. The molecule has 31 heavy (non-hydrogen) atoms. The first kappa shape index (κ1) is 22.4. The van der Waals surface area contributed by atoms with Gasteiger partial charge in [-0.15, -0.1) is 10.2 Å². The molecule has 1 atom stereocenters. The van der Waals surface area contributed by atoms with E-state index in [9.17, 15) is 9.59 Å². The van der Waals surface area contributed by atoms with Gasteiger partial charge >= 0.3 is 5.97 Å². The van der Waals surface area contributed by atoms with Crippen LogP contribution in [0, 0.1) is 5.92 Å². The van der Waals surface area contributed by atoms with Gasteiger partial charge in [0.25, 0.3) is 5.91 Å². The van der Waals surface area contributed by atoms with Gasteiger partial charge in [-0.1, -0.05) is 67.9 Å². The fourth-order valence-electron chi connectivity index (χ4n) is 2.87. The fourth-order valence-corrected chi connectivity index (χ4v) is 3.09.